The molecule has 0 N–H and O–H groups in total. The molecule has 0 rings (SSSR count). The minimum Gasteiger partial charge on any atom is -0.462 e. The first kappa shape index (κ1) is 22.9. The molecule has 0 aromatic heterocycles. The molecule has 0 aliphatic heterocycles. The number of esters is 1. The average Bonchev–Trinajstić information content (AvgIpc) is 2.53. The van der Waals surface area contributed by atoms with E-state index in [1.54, 1.807) is 0 Å². The van der Waals surface area contributed by atoms with Crippen LogP contribution < -0.4 is 0 Å². The highest BCUT2D eigenvalue weighted by Gasteiger charge is 2.13. The Balaban J connectivity index is 3.61. The van der Waals surface area contributed by atoms with Crippen LogP contribution in [0.1, 0.15) is 110 Å². The zero-order valence-corrected chi connectivity index (χ0v) is 17.2. The molecule has 0 bridgehead atoms. The molecule has 0 heterocycles. The van der Waals surface area contributed by atoms with Crippen LogP contribution in [0, 0.1) is 0 Å². The van der Waals surface area contributed by atoms with Gasteiger partial charge in [-0.3, -0.25) is 4.79 Å². The predicted molar refractivity (Wildman–Crippen MR) is 104 cm³/mol. The molecule has 0 aromatic carbocycles. The average molecular weight is 391 g/mol. The van der Waals surface area contributed by atoms with Crippen molar-refractivity contribution in [1.82, 2.24) is 0 Å². The summed E-state index contributed by atoms with van der Waals surface area (Å²) in [4.78, 5) is 11.8. The monoisotopic (exact) mass is 390 g/mol. The van der Waals surface area contributed by atoms with Gasteiger partial charge in [0.2, 0.25) is 0 Å². The Morgan fingerprint density at radius 2 is 1.39 bits per heavy atom. The molecule has 0 radical (unpaired) electrons. The predicted octanol–water partition coefficient (Wildman–Crippen LogP) is 7.18. The van der Waals surface area contributed by atoms with Crippen molar-refractivity contribution in [1.29, 1.82) is 0 Å². The maximum Gasteiger partial charge on any atom is 0.306 e. The third-order valence-electron chi connectivity index (χ3n) is 4.30. The quantitative estimate of drug-likeness (QED) is 0.149. The summed E-state index contributed by atoms with van der Waals surface area (Å²) < 4.78 is 5.66. The summed E-state index contributed by atoms with van der Waals surface area (Å²) in [6.45, 7) is 4.43. The van der Waals surface area contributed by atoms with Gasteiger partial charge in [0.1, 0.15) is 6.10 Å². The van der Waals surface area contributed by atoms with E-state index in [4.69, 9.17) is 4.74 Å². The summed E-state index contributed by atoms with van der Waals surface area (Å²) in [5.41, 5.74) is 0. The largest absolute Gasteiger partial charge is 0.462 e. The number of carbonyl (C=O) groups excluding carboxylic acids is 1. The van der Waals surface area contributed by atoms with E-state index in [-0.39, 0.29) is 12.1 Å². The smallest absolute Gasteiger partial charge is 0.306 e. The summed E-state index contributed by atoms with van der Waals surface area (Å²) in [7, 11) is 0. The van der Waals surface area contributed by atoms with Crippen molar-refractivity contribution < 1.29 is 9.53 Å². The normalized spacial score (nSPS) is 12.3. The van der Waals surface area contributed by atoms with Crippen LogP contribution in [0.2, 0.25) is 0 Å². The van der Waals surface area contributed by atoms with Gasteiger partial charge >= 0.3 is 5.97 Å². The van der Waals surface area contributed by atoms with Crippen LogP contribution >= 0.6 is 15.9 Å². The number of hydrogen-bond donors (Lipinski definition) is 0. The van der Waals surface area contributed by atoms with Crippen molar-refractivity contribution in [3.05, 3.63) is 0 Å². The zero-order valence-electron chi connectivity index (χ0n) is 15.6. The van der Waals surface area contributed by atoms with Gasteiger partial charge in [0.25, 0.3) is 0 Å². The van der Waals surface area contributed by atoms with E-state index >= 15 is 0 Å². The molecule has 3 heteroatoms. The van der Waals surface area contributed by atoms with Crippen molar-refractivity contribution in [3.63, 3.8) is 0 Å². The highest BCUT2D eigenvalue weighted by atomic mass is 79.9. The van der Waals surface area contributed by atoms with E-state index in [0.29, 0.717) is 6.42 Å². The van der Waals surface area contributed by atoms with Gasteiger partial charge in [-0.2, -0.15) is 0 Å². The summed E-state index contributed by atoms with van der Waals surface area (Å²) in [5, 5.41) is 0.969. The van der Waals surface area contributed by atoms with Crippen LogP contribution in [0.3, 0.4) is 0 Å². The van der Waals surface area contributed by atoms with Crippen LogP contribution in [0.5, 0.6) is 0 Å². The first-order valence-corrected chi connectivity index (χ1v) is 11.1. The summed E-state index contributed by atoms with van der Waals surface area (Å²) >= 11 is 3.40. The van der Waals surface area contributed by atoms with Gasteiger partial charge in [-0.1, -0.05) is 87.6 Å². The van der Waals surface area contributed by atoms with E-state index in [2.05, 4.69) is 29.8 Å². The number of alkyl halides is 1. The van der Waals surface area contributed by atoms with Gasteiger partial charge in [0.15, 0.2) is 0 Å². The summed E-state index contributed by atoms with van der Waals surface area (Å²) in [6.07, 6.45) is 18.0. The van der Waals surface area contributed by atoms with Gasteiger partial charge in [-0.15, -0.1) is 0 Å². The Morgan fingerprint density at radius 1 is 0.783 bits per heavy atom. The van der Waals surface area contributed by atoms with Crippen LogP contribution in [0.15, 0.2) is 0 Å². The molecule has 0 saturated heterocycles. The number of unbranched alkanes of at least 4 members (excludes halogenated alkanes) is 9. The van der Waals surface area contributed by atoms with Crippen molar-refractivity contribution in [3.8, 4) is 0 Å². The fourth-order valence-electron chi connectivity index (χ4n) is 2.88. The second-order valence-corrected chi connectivity index (χ2v) is 7.46. The first-order chi connectivity index (χ1) is 11.2. The van der Waals surface area contributed by atoms with Crippen molar-refractivity contribution >= 4 is 21.9 Å². The van der Waals surface area contributed by atoms with Gasteiger partial charge in [-0.05, 0) is 32.1 Å². The van der Waals surface area contributed by atoms with Crippen molar-refractivity contribution in [2.45, 2.75) is 116 Å². The Bertz CT molecular complexity index is 256. The van der Waals surface area contributed by atoms with Gasteiger partial charge in [0, 0.05) is 11.8 Å². The molecule has 0 aliphatic rings. The van der Waals surface area contributed by atoms with Gasteiger partial charge in [0.05, 0.1) is 0 Å². The zero-order chi connectivity index (χ0) is 17.2. The van der Waals surface area contributed by atoms with Crippen molar-refractivity contribution in [2.75, 3.05) is 5.33 Å². The minimum atomic E-state index is 0.000300. The standard InChI is InChI=1S/C20H39BrO2/c1-3-5-6-7-8-9-10-11-12-16-19(15-4-2)23-20(22)17-13-14-18-21/h19H,3-18H2,1-2H3. The van der Waals surface area contributed by atoms with Gasteiger partial charge in [-0.25, -0.2) is 0 Å². The Hall–Kier alpha value is -0.0500. The Labute approximate surface area is 153 Å². The van der Waals surface area contributed by atoms with Crippen LogP contribution in [0.25, 0.3) is 0 Å². The molecule has 1 unspecified atom stereocenters. The molecular formula is C20H39BrO2. The second kappa shape index (κ2) is 18.3. The molecular weight excluding hydrogens is 352 g/mol. The van der Waals surface area contributed by atoms with E-state index in [1.165, 1.54) is 57.8 Å². The lowest BCUT2D eigenvalue weighted by atomic mass is 10.0. The van der Waals surface area contributed by atoms with E-state index < -0.39 is 0 Å². The number of carbonyl (C=O) groups is 1. The maximum atomic E-state index is 11.8. The van der Waals surface area contributed by atoms with E-state index in [9.17, 15) is 4.79 Å². The van der Waals surface area contributed by atoms with Crippen molar-refractivity contribution in [2.24, 2.45) is 0 Å². The SMILES string of the molecule is CCCCCCCCCCCC(CCC)OC(=O)CCCCBr. The Morgan fingerprint density at radius 3 is 1.96 bits per heavy atom. The third-order valence-corrected chi connectivity index (χ3v) is 4.86. The molecule has 2 nitrogen and oxygen atoms in total. The number of halogens is 1. The number of rotatable bonds is 17. The lowest BCUT2D eigenvalue weighted by Gasteiger charge is -2.17. The fraction of sp³-hybridized carbons (Fsp3) is 0.950. The molecule has 0 fully saturated rings. The van der Waals surface area contributed by atoms with E-state index in [1.807, 2.05) is 0 Å². The Kier molecular flexibility index (Phi) is 18.3. The maximum absolute atomic E-state index is 11.8. The minimum absolute atomic E-state index is 0.000300. The highest BCUT2D eigenvalue weighted by molar-refractivity contribution is 9.09. The lowest BCUT2D eigenvalue weighted by molar-refractivity contribution is -0.149. The van der Waals surface area contributed by atoms with E-state index in [0.717, 1.165) is 37.4 Å². The second-order valence-electron chi connectivity index (χ2n) is 6.66. The topological polar surface area (TPSA) is 26.3 Å². The molecule has 23 heavy (non-hydrogen) atoms. The molecule has 1 atom stereocenters. The molecule has 0 amide bonds. The summed E-state index contributed by atoms with van der Waals surface area (Å²) in [5.74, 6) is 0.000300. The highest BCUT2D eigenvalue weighted by Crippen LogP contribution is 2.16. The third kappa shape index (κ3) is 16.6. The van der Waals surface area contributed by atoms with Gasteiger partial charge < -0.3 is 4.74 Å². The molecule has 0 aromatic rings. The number of hydrogen-bond acceptors (Lipinski definition) is 2. The van der Waals surface area contributed by atoms with Crippen LogP contribution in [-0.4, -0.2) is 17.4 Å². The number of ether oxygens (including phenoxy) is 1. The summed E-state index contributed by atoms with van der Waals surface area (Å²) in [6, 6.07) is 0. The fourth-order valence-corrected chi connectivity index (χ4v) is 3.27. The first-order valence-electron chi connectivity index (χ1n) is 10.00. The van der Waals surface area contributed by atoms with Crippen LogP contribution in [-0.2, 0) is 9.53 Å². The molecule has 0 saturated carbocycles. The lowest BCUT2D eigenvalue weighted by Crippen LogP contribution is -2.18. The molecule has 0 spiro atoms. The molecule has 0 aliphatic carbocycles. The van der Waals surface area contributed by atoms with Crippen LogP contribution in [0.4, 0.5) is 0 Å². The molecule has 138 valence electrons.